The predicted molar refractivity (Wildman–Crippen MR) is 103 cm³/mol. The molecule has 0 aliphatic carbocycles. The van der Waals surface area contributed by atoms with E-state index in [1.807, 2.05) is 19.1 Å². The highest BCUT2D eigenvalue weighted by atomic mass is 32.2. The fourth-order valence-corrected chi connectivity index (χ4v) is 4.80. The number of benzene rings is 1. The number of amides is 1. The molecule has 1 N–H and O–H groups in total. The van der Waals surface area contributed by atoms with E-state index in [0.717, 1.165) is 16.9 Å². The molecule has 0 spiro atoms. The summed E-state index contributed by atoms with van der Waals surface area (Å²) in [6.07, 6.45) is 1.03. The van der Waals surface area contributed by atoms with E-state index in [2.05, 4.69) is 13.8 Å². The monoisotopic (exact) mass is 382 g/mol. The van der Waals surface area contributed by atoms with Crippen molar-refractivity contribution in [1.82, 2.24) is 9.21 Å². The minimum absolute atomic E-state index is 0.0805. The van der Waals surface area contributed by atoms with Gasteiger partial charge in [0.05, 0.1) is 31.1 Å². The lowest BCUT2D eigenvalue weighted by atomic mass is 9.99. The molecule has 2 rings (SSSR count). The molecule has 0 saturated carbocycles. The molecule has 146 valence electrons. The molecule has 7 heteroatoms. The van der Waals surface area contributed by atoms with Gasteiger partial charge in [0.2, 0.25) is 10.0 Å². The number of quaternary nitrogens is 1. The average Bonchev–Trinajstić information content (AvgIpc) is 2.66. The summed E-state index contributed by atoms with van der Waals surface area (Å²) in [7, 11) is 0.0318. The fraction of sp³-hybridized carbons (Fsp3) is 0.632. The van der Waals surface area contributed by atoms with Crippen molar-refractivity contribution in [2.75, 3.05) is 40.3 Å². The van der Waals surface area contributed by atoms with Crippen molar-refractivity contribution in [3.05, 3.63) is 29.8 Å². The highest BCUT2D eigenvalue weighted by Crippen LogP contribution is 2.22. The van der Waals surface area contributed by atoms with Gasteiger partial charge in [-0.25, -0.2) is 8.42 Å². The number of carbonyl (C=O) groups excluding carboxylic acids is 1. The first-order chi connectivity index (χ1) is 12.2. The van der Waals surface area contributed by atoms with Crippen molar-refractivity contribution in [1.29, 1.82) is 0 Å². The number of nitrogens with zero attached hydrogens (tertiary/aromatic N) is 2. The zero-order valence-corrected chi connectivity index (χ0v) is 17.3. The molecular formula is C19H32N3O3S+. The summed E-state index contributed by atoms with van der Waals surface area (Å²) in [5.74, 6) is 0.506. The summed E-state index contributed by atoms with van der Waals surface area (Å²) in [5.41, 5.74) is 1.16. The van der Waals surface area contributed by atoms with Crippen LogP contribution in [-0.4, -0.2) is 69.8 Å². The summed E-state index contributed by atoms with van der Waals surface area (Å²) >= 11 is 0. The Balaban J connectivity index is 2.04. The molecule has 0 radical (unpaired) electrons. The van der Waals surface area contributed by atoms with Crippen molar-refractivity contribution in [3.8, 4) is 0 Å². The van der Waals surface area contributed by atoms with Crippen LogP contribution in [0.15, 0.2) is 29.2 Å². The van der Waals surface area contributed by atoms with E-state index >= 15 is 0 Å². The van der Waals surface area contributed by atoms with Crippen LogP contribution < -0.4 is 4.90 Å². The minimum Gasteiger partial charge on any atom is -0.344 e. The normalized spacial score (nSPS) is 19.1. The summed E-state index contributed by atoms with van der Waals surface area (Å²) in [6, 6.07) is 7.12. The van der Waals surface area contributed by atoms with E-state index in [1.165, 1.54) is 0 Å². The Morgan fingerprint density at radius 1 is 1.15 bits per heavy atom. The van der Waals surface area contributed by atoms with E-state index in [4.69, 9.17) is 0 Å². The molecule has 1 saturated heterocycles. The quantitative estimate of drug-likeness (QED) is 0.782. The molecule has 1 aliphatic rings. The molecule has 1 aromatic rings. The molecule has 0 aromatic heterocycles. The van der Waals surface area contributed by atoms with Crippen LogP contribution in [0.25, 0.3) is 0 Å². The Morgan fingerprint density at radius 2 is 1.69 bits per heavy atom. The Bertz CT molecular complexity index is 708. The molecular weight excluding hydrogens is 350 g/mol. The highest BCUT2D eigenvalue weighted by Gasteiger charge is 2.34. The third-order valence-electron chi connectivity index (χ3n) is 5.49. The number of piperazine rings is 1. The van der Waals surface area contributed by atoms with E-state index in [9.17, 15) is 13.2 Å². The fourth-order valence-electron chi connectivity index (χ4n) is 3.36. The van der Waals surface area contributed by atoms with Crippen molar-refractivity contribution in [3.63, 3.8) is 0 Å². The zero-order chi connectivity index (χ0) is 19.5. The van der Waals surface area contributed by atoms with Gasteiger partial charge in [0.15, 0.2) is 6.04 Å². The maximum Gasteiger partial charge on any atom is 0.280 e. The summed E-state index contributed by atoms with van der Waals surface area (Å²) in [4.78, 5) is 15.2. The number of rotatable bonds is 6. The van der Waals surface area contributed by atoms with Crippen LogP contribution in [0, 0.1) is 0 Å². The van der Waals surface area contributed by atoms with Gasteiger partial charge in [0, 0.05) is 14.1 Å². The second kappa shape index (κ2) is 8.50. The molecule has 1 amide bonds. The topological polar surface area (TPSA) is 62.1 Å². The average molecular weight is 383 g/mol. The van der Waals surface area contributed by atoms with Crippen molar-refractivity contribution >= 4 is 15.9 Å². The van der Waals surface area contributed by atoms with Crippen molar-refractivity contribution in [2.24, 2.45) is 0 Å². The smallest absolute Gasteiger partial charge is 0.280 e. The summed E-state index contributed by atoms with van der Waals surface area (Å²) in [6.45, 7) is 8.35. The Kier molecular flexibility index (Phi) is 6.82. The molecule has 2 atom stereocenters. The van der Waals surface area contributed by atoms with E-state index in [0.29, 0.717) is 37.0 Å². The molecule has 26 heavy (non-hydrogen) atoms. The predicted octanol–water partition coefficient (Wildman–Crippen LogP) is 0.566. The molecule has 6 nitrogen and oxygen atoms in total. The molecule has 0 unspecified atom stereocenters. The van der Waals surface area contributed by atoms with E-state index in [-0.39, 0.29) is 11.9 Å². The van der Waals surface area contributed by atoms with Crippen LogP contribution in [0.4, 0.5) is 0 Å². The molecule has 0 bridgehead atoms. The van der Waals surface area contributed by atoms with Crippen LogP contribution in [0.3, 0.4) is 0 Å². The standard InChI is InChI=1S/C19H31N3O3S/c1-6-15(2)17-7-9-18(10-8-17)26(24,25)22-13-11-21(12-14-22)16(3)19(23)20(4)5/h7-10,15-16H,6,11-14H2,1-5H3/p+1/t15-,16-/m0/s1. The second-order valence-corrected chi connectivity index (χ2v) is 9.33. The number of sulfonamides is 1. The molecule has 1 aromatic carbocycles. The number of carbonyl (C=O) groups is 1. The number of hydrogen-bond acceptors (Lipinski definition) is 3. The Hall–Kier alpha value is -1.44. The van der Waals surface area contributed by atoms with Gasteiger partial charge in [-0.15, -0.1) is 0 Å². The van der Waals surface area contributed by atoms with Crippen LogP contribution in [0.2, 0.25) is 0 Å². The van der Waals surface area contributed by atoms with E-state index < -0.39 is 10.0 Å². The third kappa shape index (κ3) is 4.45. The van der Waals surface area contributed by atoms with Gasteiger partial charge in [0.1, 0.15) is 0 Å². The first-order valence-corrected chi connectivity index (χ1v) is 10.8. The first kappa shape index (κ1) is 20.9. The molecule has 1 aliphatic heterocycles. The van der Waals surface area contributed by atoms with Gasteiger partial charge in [-0.2, -0.15) is 4.31 Å². The van der Waals surface area contributed by atoms with Gasteiger partial charge in [-0.1, -0.05) is 26.0 Å². The zero-order valence-electron chi connectivity index (χ0n) is 16.5. The lowest BCUT2D eigenvalue weighted by molar-refractivity contribution is -0.917. The van der Waals surface area contributed by atoms with Gasteiger partial charge < -0.3 is 9.80 Å². The largest absolute Gasteiger partial charge is 0.344 e. The molecule has 1 fully saturated rings. The third-order valence-corrected chi connectivity index (χ3v) is 7.40. The van der Waals surface area contributed by atoms with Gasteiger partial charge in [-0.3, -0.25) is 4.79 Å². The Morgan fingerprint density at radius 3 is 2.15 bits per heavy atom. The lowest BCUT2D eigenvalue weighted by Gasteiger charge is -2.34. The summed E-state index contributed by atoms with van der Waals surface area (Å²) in [5, 5.41) is 0. The number of likely N-dealkylation sites (N-methyl/N-ethyl adjacent to an activating group) is 1. The lowest BCUT2D eigenvalue weighted by Crippen LogP contribution is -3.19. The number of hydrogen-bond donors (Lipinski definition) is 1. The minimum atomic E-state index is -3.47. The van der Waals surface area contributed by atoms with E-state index in [1.54, 1.807) is 35.4 Å². The molecule has 1 heterocycles. The maximum absolute atomic E-state index is 12.9. The first-order valence-electron chi connectivity index (χ1n) is 9.34. The van der Waals surface area contributed by atoms with Crippen molar-refractivity contribution < 1.29 is 18.1 Å². The van der Waals surface area contributed by atoms with Gasteiger partial charge >= 0.3 is 0 Å². The van der Waals surface area contributed by atoms with Crippen LogP contribution in [0.5, 0.6) is 0 Å². The highest BCUT2D eigenvalue weighted by molar-refractivity contribution is 7.89. The van der Waals surface area contributed by atoms with Gasteiger partial charge in [-0.05, 0) is 37.0 Å². The van der Waals surface area contributed by atoms with Crippen LogP contribution >= 0.6 is 0 Å². The summed E-state index contributed by atoms with van der Waals surface area (Å²) < 4.78 is 27.3. The van der Waals surface area contributed by atoms with Crippen LogP contribution in [0.1, 0.15) is 38.7 Å². The number of nitrogens with one attached hydrogen (secondary N) is 1. The SMILES string of the molecule is CC[C@H](C)c1ccc(S(=O)(=O)N2CC[NH+]([C@@H](C)C(=O)N(C)C)CC2)cc1. The van der Waals surface area contributed by atoms with Crippen molar-refractivity contribution in [2.45, 2.75) is 44.0 Å². The maximum atomic E-state index is 12.9. The Labute approximate surface area is 157 Å². The second-order valence-electron chi connectivity index (χ2n) is 7.40. The van der Waals surface area contributed by atoms with Crippen LogP contribution in [-0.2, 0) is 14.8 Å². The van der Waals surface area contributed by atoms with Gasteiger partial charge in [0.25, 0.3) is 5.91 Å².